The zero-order valence-corrected chi connectivity index (χ0v) is 11.7. The van der Waals surface area contributed by atoms with Crippen LogP contribution >= 0.6 is 11.3 Å². The van der Waals surface area contributed by atoms with Gasteiger partial charge in [0.1, 0.15) is 0 Å². The summed E-state index contributed by atoms with van der Waals surface area (Å²) in [4.78, 5) is 16.2. The van der Waals surface area contributed by atoms with E-state index in [2.05, 4.69) is 10.3 Å². The van der Waals surface area contributed by atoms with Crippen molar-refractivity contribution in [3.05, 3.63) is 51.5 Å². The van der Waals surface area contributed by atoms with Gasteiger partial charge in [0.15, 0.2) is 0 Å². The van der Waals surface area contributed by atoms with Gasteiger partial charge >= 0.3 is 0 Å². The Bertz CT molecular complexity index is 565. The third-order valence-corrected chi connectivity index (χ3v) is 3.64. The summed E-state index contributed by atoms with van der Waals surface area (Å²) in [5, 5.41) is 5.85. The SMILES string of the molecule is Cc1nc(CNC(=O)Cc2ccccc2CN)cs1. The third-order valence-electron chi connectivity index (χ3n) is 2.82. The van der Waals surface area contributed by atoms with Crippen LogP contribution in [0.5, 0.6) is 0 Å². The van der Waals surface area contributed by atoms with E-state index in [0.717, 1.165) is 21.8 Å². The van der Waals surface area contributed by atoms with Crippen LogP contribution in [0.4, 0.5) is 0 Å². The summed E-state index contributed by atoms with van der Waals surface area (Å²) in [6, 6.07) is 7.74. The number of aryl methyl sites for hydroxylation is 1. The van der Waals surface area contributed by atoms with E-state index in [9.17, 15) is 4.79 Å². The highest BCUT2D eigenvalue weighted by atomic mass is 32.1. The Kier molecular flexibility index (Phi) is 4.65. The molecule has 3 N–H and O–H groups in total. The number of nitrogens with two attached hydrogens (primary N) is 1. The van der Waals surface area contributed by atoms with Crippen LogP contribution in [0.1, 0.15) is 21.8 Å². The molecule has 0 fully saturated rings. The van der Waals surface area contributed by atoms with E-state index in [4.69, 9.17) is 5.73 Å². The van der Waals surface area contributed by atoms with E-state index in [0.29, 0.717) is 19.5 Å². The van der Waals surface area contributed by atoms with Crippen molar-refractivity contribution in [2.45, 2.75) is 26.4 Å². The van der Waals surface area contributed by atoms with Gasteiger partial charge in [0.2, 0.25) is 5.91 Å². The highest BCUT2D eigenvalue weighted by Gasteiger charge is 2.07. The van der Waals surface area contributed by atoms with Crippen LogP contribution in [0.2, 0.25) is 0 Å². The topological polar surface area (TPSA) is 68.0 Å². The fourth-order valence-electron chi connectivity index (χ4n) is 1.84. The molecule has 19 heavy (non-hydrogen) atoms. The molecule has 100 valence electrons. The maximum atomic E-state index is 11.9. The Morgan fingerprint density at radius 1 is 1.37 bits per heavy atom. The number of hydrogen-bond donors (Lipinski definition) is 2. The second kappa shape index (κ2) is 6.45. The molecule has 1 aromatic carbocycles. The highest BCUT2D eigenvalue weighted by Crippen LogP contribution is 2.10. The molecular weight excluding hydrogens is 258 g/mol. The second-order valence-corrected chi connectivity index (χ2v) is 5.35. The molecule has 0 aliphatic carbocycles. The number of hydrogen-bond acceptors (Lipinski definition) is 4. The quantitative estimate of drug-likeness (QED) is 0.874. The zero-order valence-electron chi connectivity index (χ0n) is 10.8. The molecule has 1 aromatic heterocycles. The van der Waals surface area contributed by atoms with Crippen molar-refractivity contribution >= 4 is 17.2 Å². The second-order valence-electron chi connectivity index (χ2n) is 4.28. The average molecular weight is 275 g/mol. The minimum atomic E-state index is -0.00782. The molecule has 0 aliphatic heterocycles. The summed E-state index contributed by atoms with van der Waals surface area (Å²) in [6.07, 6.45) is 0.358. The van der Waals surface area contributed by atoms with E-state index in [1.54, 1.807) is 11.3 Å². The van der Waals surface area contributed by atoms with Crippen LogP contribution in [0, 0.1) is 6.92 Å². The minimum absolute atomic E-state index is 0.00782. The maximum absolute atomic E-state index is 11.9. The van der Waals surface area contributed by atoms with Gasteiger partial charge in [-0.05, 0) is 18.1 Å². The van der Waals surface area contributed by atoms with Gasteiger partial charge in [-0.25, -0.2) is 4.98 Å². The van der Waals surface area contributed by atoms with Gasteiger partial charge in [-0.1, -0.05) is 24.3 Å². The average Bonchev–Trinajstić information content (AvgIpc) is 2.83. The zero-order chi connectivity index (χ0) is 13.7. The van der Waals surface area contributed by atoms with Gasteiger partial charge in [-0.15, -0.1) is 11.3 Å². The van der Waals surface area contributed by atoms with Crippen molar-refractivity contribution < 1.29 is 4.79 Å². The van der Waals surface area contributed by atoms with Crippen LogP contribution in [0.3, 0.4) is 0 Å². The summed E-state index contributed by atoms with van der Waals surface area (Å²) in [6.45, 7) is 2.89. The largest absolute Gasteiger partial charge is 0.350 e. The lowest BCUT2D eigenvalue weighted by atomic mass is 10.0. The lowest BCUT2D eigenvalue weighted by Gasteiger charge is -2.07. The fourth-order valence-corrected chi connectivity index (χ4v) is 2.46. The number of benzene rings is 1. The summed E-state index contributed by atoms with van der Waals surface area (Å²) in [7, 11) is 0. The number of thiazole rings is 1. The van der Waals surface area contributed by atoms with Gasteiger partial charge in [0, 0.05) is 11.9 Å². The molecule has 0 spiro atoms. The Hall–Kier alpha value is -1.72. The van der Waals surface area contributed by atoms with E-state index >= 15 is 0 Å². The van der Waals surface area contributed by atoms with Gasteiger partial charge < -0.3 is 11.1 Å². The lowest BCUT2D eigenvalue weighted by molar-refractivity contribution is -0.120. The number of rotatable bonds is 5. The molecular formula is C14H17N3OS. The van der Waals surface area contributed by atoms with Crippen molar-refractivity contribution in [1.29, 1.82) is 0 Å². The summed E-state index contributed by atoms with van der Waals surface area (Å²) < 4.78 is 0. The van der Waals surface area contributed by atoms with E-state index in [1.807, 2.05) is 36.6 Å². The predicted octanol–water partition coefficient (Wildman–Crippen LogP) is 1.77. The molecule has 0 saturated heterocycles. The van der Waals surface area contributed by atoms with Crippen LogP contribution in [-0.2, 0) is 24.3 Å². The summed E-state index contributed by atoms with van der Waals surface area (Å²) >= 11 is 1.59. The minimum Gasteiger partial charge on any atom is -0.350 e. The maximum Gasteiger partial charge on any atom is 0.224 e. The monoisotopic (exact) mass is 275 g/mol. The number of nitrogens with one attached hydrogen (secondary N) is 1. The van der Waals surface area contributed by atoms with Crippen LogP contribution in [-0.4, -0.2) is 10.9 Å². The van der Waals surface area contributed by atoms with E-state index in [-0.39, 0.29) is 5.91 Å². The first-order valence-electron chi connectivity index (χ1n) is 6.13. The molecule has 0 saturated carbocycles. The van der Waals surface area contributed by atoms with Crippen molar-refractivity contribution in [2.75, 3.05) is 0 Å². The summed E-state index contributed by atoms with van der Waals surface area (Å²) in [5.74, 6) is -0.00782. The van der Waals surface area contributed by atoms with Crippen LogP contribution in [0.15, 0.2) is 29.6 Å². The number of carbonyl (C=O) groups is 1. The van der Waals surface area contributed by atoms with E-state index < -0.39 is 0 Å². The van der Waals surface area contributed by atoms with Gasteiger partial charge in [-0.3, -0.25) is 4.79 Å². The van der Waals surface area contributed by atoms with Gasteiger partial charge in [0.25, 0.3) is 0 Å². The fraction of sp³-hybridized carbons (Fsp3) is 0.286. The smallest absolute Gasteiger partial charge is 0.224 e. The Balaban J connectivity index is 1.90. The molecule has 4 nitrogen and oxygen atoms in total. The Morgan fingerprint density at radius 3 is 2.74 bits per heavy atom. The third kappa shape index (κ3) is 3.87. The molecule has 1 heterocycles. The first-order valence-corrected chi connectivity index (χ1v) is 7.01. The van der Waals surface area contributed by atoms with Crippen LogP contribution < -0.4 is 11.1 Å². The van der Waals surface area contributed by atoms with Gasteiger partial charge in [-0.2, -0.15) is 0 Å². The predicted molar refractivity (Wildman–Crippen MR) is 76.7 cm³/mol. The molecule has 0 unspecified atom stereocenters. The highest BCUT2D eigenvalue weighted by molar-refractivity contribution is 7.09. The van der Waals surface area contributed by atoms with Gasteiger partial charge in [0.05, 0.1) is 23.7 Å². The number of nitrogens with zero attached hydrogens (tertiary/aromatic N) is 1. The molecule has 2 rings (SSSR count). The standard InChI is InChI=1S/C14H17N3OS/c1-10-17-13(9-19-10)8-16-14(18)6-11-4-2-3-5-12(11)7-15/h2-5,9H,6-8,15H2,1H3,(H,16,18). The molecule has 0 radical (unpaired) electrons. The normalized spacial score (nSPS) is 10.4. The Labute approximate surface area is 116 Å². The molecule has 0 aliphatic rings. The molecule has 5 heteroatoms. The van der Waals surface area contributed by atoms with Crippen LogP contribution in [0.25, 0.3) is 0 Å². The summed E-state index contributed by atoms with van der Waals surface area (Å²) in [5.41, 5.74) is 8.56. The number of aromatic nitrogens is 1. The Morgan fingerprint density at radius 2 is 2.11 bits per heavy atom. The van der Waals surface area contributed by atoms with Crippen molar-refractivity contribution in [3.63, 3.8) is 0 Å². The number of amides is 1. The molecule has 1 amide bonds. The van der Waals surface area contributed by atoms with E-state index in [1.165, 1.54) is 0 Å². The number of carbonyl (C=O) groups excluding carboxylic acids is 1. The molecule has 2 aromatic rings. The molecule has 0 bridgehead atoms. The first kappa shape index (κ1) is 13.7. The van der Waals surface area contributed by atoms with Crippen molar-refractivity contribution in [3.8, 4) is 0 Å². The van der Waals surface area contributed by atoms with Crippen molar-refractivity contribution in [1.82, 2.24) is 10.3 Å². The van der Waals surface area contributed by atoms with Crippen molar-refractivity contribution in [2.24, 2.45) is 5.73 Å². The lowest BCUT2D eigenvalue weighted by Crippen LogP contribution is -2.25. The first-order chi connectivity index (χ1) is 9.19. The molecule has 0 atom stereocenters.